The van der Waals surface area contributed by atoms with Crippen molar-refractivity contribution in [1.82, 2.24) is 15.1 Å². The van der Waals surface area contributed by atoms with Crippen molar-refractivity contribution in [1.29, 1.82) is 0 Å². The van der Waals surface area contributed by atoms with Gasteiger partial charge in [0.25, 0.3) is 0 Å². The molecule has 3 nitrogen and oxygen atoms in total. The minimum absolute atomic E-state index is 0.444. The van der Waals surface area contributed by atoms with Crippen molar-refractivity contribution >= 4 is 0 Å². The van der Waals surface area contributed by atoms with Gasteiger partial charge in [-0.25, -0.2) is 0 Å². The monoisotopic (exact) mass is 283 g/mol. The van der Waals surface area contributed by atoms with Crippen LogP contribution in [0.15, 0.2) is 0 Å². The Morgan fingerprint density at radius 2 is 1.95 bits per heavy atom. The number of hydrogen-bond acceptors (Lipinski definition) is 3. The van der Waals surface area contributed by atoms with Crippen LogP contribution in [0.3, 0.4) is 0 Å². The third-order valence-electron chi connectivity index (χ3n) is 5.23. The van der Waals surface area contributed by atoms with Gasteiger partial charge in [0, 0.05) is 25.7 Å². The molecule has 1 N–H and O–H groups in total. The van der Waals surface area contributed by atoms with Crippen LogP contribution in [0.1, 0.15) is 52.9 Å². The Labute approximate surface area is 127 Å². The fourth-order valence-electron chi connectivity index (χ4n) is 3.47. The molecule has 1 saturated heterocycles. The average Bonchev–Trinajstić information content (AvgIpc) is 2.46. The first-order valence-corrected chi connectivity index (χ1v) is 8.66. The molecule has 3 heteroatoms. The van der Waals surface area contributed by atoms with E-state index in [4.69, 9.17) is 0 Å². The van der Waals surface area contributed by atoms with E-state index in [0.29, 0.717) is 5.41 Å². The molecular formula is C17H37N3. The van der Waals surface area contributed by atoms with Gasteiger partial charge in [-0.3, -0.25) is 0 Å². The van der Waals surface area contributed by atoms with Crippen LogP contribution in [0.2, 0.25) is 0 Å². The van der Waals surface area contributed by atoms with Crippen molar-refractivity contribution in [3.63, 3.8) is 0 Å². The highest BCUT2D eigenvalue weighted by molar-refractivity contribution is 4.86. The van der Waals surface area contributed by atoms with E-state index in [9.17, 15) is 0 Å². The van der Waals surface area contributed by atoms with Crippen LogP contribution in [0.5, 0.6) is 0 Å². The van der Waals surface area contributed by atoms with Gasteiger partial charge in [0.05, 0.1) is 0 Å². The van der Waals surface area contributed by atoms with Crippen LogP contribution in [-0.2, 0) is 0 Å². The first-order chi connectivity index (χ1) is 9.56. The molecule has 1 aliphatic heterocycles. The van der Waals surface area contributed by atoms with Gasteiger partial charge in [-0.2, -0.15) is 0 Å². The number of nitrogens with zero attached hydrogens (tertiary/aromatic N) is 2. The van der Waals surface area contributed by atoms with E-state index in [1.807, 2.05) is 0 Å². The Morgan fingerprint density at radius 1 is 1.25 bits per heavy atom. The summed E-state index contributed by atoms with van der Waals surface area (Å²) in [6.07, 6.45) is 6.49. The van der Waals surface area contributed by atoms with Gasteiger partial charge in [-0.05, 0) is 64.7 Å². The van der Waals surface area contributed by atoms with Gasteiger partial charge in [0.15, 0.2) is 0 Å². The van der Waals surface area contributed by atoms with Crippen molar-refractivity contribution < 1.29 is 0 Å². The smallest absolute Gasteiger partial charge is 0.0220 e. The summed E-state index contributed by atoms with van der Waals surface area (Å²) in [7, 11) is 4.60. The zero-order valence-corrected chi connectivity index (χ0v) is 14.5. The topological polar surface area (TPSA) is 18.5 Å². The zero-order chi connectivity index (χ0) is 15.0. The average molecular weight is 284 g/mol. The van der Waals surface area contributed by atoms with E-state index in [2.05, 4.69) is 50.0 Å². The predicted octanol–water partition coefficient (Wildman–Crippen LogP) is 2.82. The van der Waals surface area contributed by atoms with Crippen LogP contribution in [0.25, 0.3) is 0 Å². The molecule has 1 unspecified atom stereocenters. The van der Waals surface area contributed by atoms with Gasteiger partial charge in [-0.1, -0.05) is 20.8 Å². The molecular weight excluding hydrogens is 246 g/mol. The maximum Gasteiger partial charge on any atom is 0.0220 e. The minimum atomic E-state index is 0.444. The lowest BCUT2D eigenvalue weighted by Crippen LogP contribution is -2.50. The Morgan fingerprint density at radius 3 is 2.50 bits per heavy atom. The molecule has 1 fully saturated rings. The number of likely N-dealkylation sites (N-methyl/N-ethyl adjacent to an activating group) is 2. The van der Waals surface area contributed by atoms with Crippen molar-refractivity contribution in [3.05, 3.63) is 0 Å². The van der Waals surface area contributed by atoms with E-state index in [0.717, 1.165) is 12.6 Å². The number of likely N-dealkylation sites (tertiary alicyclic amines) is 1. The highest BCUT2D eigenvalue weighted by Crippen LogP contribution is 2.28. The quantitative estimate of drug-likeness (QED) is 0.657. The summed E-state index contributed by atoms with van der Waals surface area (Å²) in [4.78, 5) is 5.12. The number of nitrogens with one attached hydrogen (secondary N) is 1. The molecule has 0 aromatic rings. The molecule has 20 heavy (non-hydrogen) atoms. The summed E-state index contributed by atoms with van der Waals surface area (Å²) in [5, 5.41) is 3.66. The fraction of sp³-hybridized carbons (Fsp3) is 1.00. The standard InChI is InChI=1S/C17H37N3/c1-6-11-18-14-17(7-2,8-3)15-20(5)16-10-9-12-19(4)13-16/h16,18H,6-15H2,1-5H3. The van der Waals surface area contributed by atoms with E-state index in [1.54, 1.807) is 0 Å². The first-order valence-electron chi connectivity index (χ1n) is 8.66. The molecule has 0 bridgehead atoms. The van der Waals surface area contributed by atoms with E-state index < -0.39 is 0 Å². The minimum Gasteiger partial charge on any atom is -0.316 e. The third kappa shape index (κ3) is 5.34. The molecule has 1 atom stereocenters. The van der Waals surface area contributed by atoms with Crippen molar-refractivity contribution in [2.45, 2.75) is 58.9 Å². The van der Waals surface area contributed by atoms with E-state index >= 15 is 0 Å². The predicted molar refractivity (Wildman–Crippen MR) is 89.3 cm³/mol. The second kappa shape index (κ2) is 9.01. The first kappa shape index (κ1) is 17.9. The summed E-state index contributed by atoms with van der Waals surface area (Å²) in [6.45, 7) is 13.0. The molecule has 1 heterocycles. The largest absolute Gasteiger partial charge is 0.316 e. The third-order valence-corrected chi connectivity index (χ3v) is 5.23. The number of piperidine rings is 1. The maximum atomic E-state index is 3.66. The second-order valence-electron chi connectivity index (χ2n) is 6.86. The Bertz CT molecular complexity index is 251. The summed E-state index contributed by atoms with van der Waals surface area (Å²) in [5.74, 6) is 0. The molecule has 120 valence electrons. The highest BCUT2D eigenvalue weighted by Gasteiger charge is 2.30. The molecule has 0 radical (unpaired) electrons. The molecule has 0 saturated carbocycles. The highest BCUT2D eigenvalue weighted by atomic mass is 15.2. The van der Waals surface area contributed by atoms with Crippen LogP contribution in [0, 0.1) is 5.41 Å². The van der Waals surface area contributed by atoms with Crippen LogP contribution in [0.4, 0.5) is 0 Å². The van der Waals surface area contributed by atoms with Crippen molar-refractivity contribution in [2.75, 3.05) is 46.8 Å². The summed E-state index contributed by atoms with van der Waals surface area (Å²) in [5.41, 5.74) is 0.444. The van der Waals surface area contributed by atoms with Crippen LogP contribution in [-0.4, -0.2) is 62.7 Å². The van der Waals surface area contributed by atoms with Gasteiger partial charge < -0.3 is 15.1 Å². The Kier molecular flexibility index (Phi) is 8.08. The van der Waals surface area contributed by atoms with Crippen molar-refractivity contribution in [2.24, 2.45) is 5.41 Å². The fourth-order valence-corrected chi connectivity index (χ4v) is 3.47. The molecule has 1 rings (SSSR count). The zero-order valence-electron chi connectivity index (χ0n) is 14.5. The maximum absolute atomic E-state index is 3.66. The van der Waals surface area contributed by atoms with Crippen molar-refractivity contribution in [3.8, 4) is 0 Å². The molecule has 1 aliphatic rings. The van der Waals surface area contributed by atoms with Gasteiger partial charge >= 0.3 is 0 Å². The molecule has 0 aromatic heterocycles. The van der Waals surface area contributed by atoms with Gasteiger partial charge in [-0.15, -0.1) is 0 Å². The summed E-state index contributed by atoms with van der Waals surface area (Å²) >= 11 is 0. The van der Waals surface area contributed by atoms with Gasteiger partial charge in [0.2, 0.25) is 0 Å². The number of hydrogen-bond donors (Lipinski definition) is 1. The van der Waals surface area contributed by atoms with Gasteiger partial charge in [0.1, 0.15) is 0 Å². The molecule has 0 spiro atoms. The Balaban J connectivity index is 2.54. The Hall–Kier alpha value is -0.120. The van der Waals surface area contributed by atoms with E-state index in [1.165, 1.54) is 58.3 Å². The van der Waals surface area contributed by atoms with E-state index in [-0.39, 0.29) is 0 Å². The molecule has 0 aromatic carbocycles. The molecule has 0 amide bonds. The number of rotatable bonds is 9. The lowest BCUT2D eigenvalue weighted by atomic mass is 9.81. The van der Waals surface area contributed by atoms with Crippen LogP contribution < -0.4 is 5.32 Å². The SMILES string of the molecule is CCCNCC(CC)(CC)CN(C)C1CCCN(C)C1. The summed E-state index contributed by atoms with van der Waals surface area (Å²) < 4.78 is 0. The second-order valence-corrected chi connectivity index (χ2v) is 6.86. The lowest BCUT2D eigenvalue weighted by molar-refractivity contribution is 0.0803. The molecule has 0 aliphatic carbocycles. The summed E-state index contributed by atoms with van der Waals surface area (Å²) in [6, 6.07) is 0.748. The van der Waals surface area contributed by atoms with Crippen LogP contribution >= 0.6 is 0 Å². The normalized spacial score (nSPS) is 21.6. The lowest BCUT2D eigenvalue weighted by Gasteiger charge is -2.42.